The summed E-state index contributed by atoms with van der Waals surface area (Å²) >= 11 is 0. The van der Waals surface area contributed by atoms with Crippen molar-refractivity contribution in [2.45, 2.75) is 50.9 Å². The average molecular weight is 895 g/mol. The first kappa shape index (κ1) is 47.2. The Balaban J connectivity index is 0.000000180. The summed E-state index contributed by atoms with van der Waals surface area (Å²) < 4.78 is 31.0. The largest absolute Gasteiger partial charge is 0.497 e. The number of ether oxygens (including phenoxy) is 6. The number of carboxylic acid groups (broad SMARTS) is 1. The summed E-state index contributed by atoms with van der Waals surface area (Å²) in [6.45, 7) is 1.78. The fourth-order valence-corrected chi connectivity index (χ4v) is 7.96. The average Bonchev–Trinajstić information content (AvgIpc) is 4.11. The van der Waals surface area contributed by atoms with E-state index in [1.165, 1.54) is 10.5 Å². The molecule has 8 rings (SSSR count). The fourth-order valence-electron chi connectivity index (χ4n) is 7.96. The third-order valence-electron chi connectivity index (χ3n) is 11.4. The number of carbonyl (C=O) groups excluding carboxylic acids is 5. The molecule has 4 saturated heterocycles. The third-order valence-corrected chi connectivity index (χ3v) is 11.4. The molecule has 1 unspecified atom stereocenters. The van der Waals surface area contributed by atoms with Gasteiger partial charge in [0.1, 0.15) is 36.2 Å². The molecule has 0 bridgehead atoms. The fraction of sp³-hybridized carbons (Fsp3) is 0.375. The third kappa shape index (κ3) is 12.5. The molecule has 4 aromatic carbocycles. The molecule has 4 heterocycles. The van der Waals surface area contributed by atoms with E-state index in [9.17, 15) is 28.8 Å². The van der Waals surface area contributed by atoms with Gasteiger partial charge in [0.05, 0.1) is 52.4 Å². The molecule has 65 heavy (non-hydrogen) atoms. The molecule has 0 aromatic heterocycles. The van der Waals surface area contributed by atoms with Crippen LogP contribution >= 0.6 is 0 Å². The van der Waals surface area contributed by atoms with E-state index in [4.69, 9.17) is 33.5 Å². The molecular weight excluding hydrogens is 841 g/mol. The molecular formula is C48H54N4O13. The number of likely N-dealkylation sites (tertiary alicyclic amines) is 2. The topological polar surface area (TPSA) is 200 Å². The number of methoxy groups -OCH3 is 4. The number of carboxylic acids is 1. The van der Waals surface area contributed by atoms with E-state index in [1.807, 2.05) is 72.8 Å². The van der Waals surface area contributed by atoms with Crippen LogP contribution in [-0.2, 0) is 54.6 Å². The van der Waals surface area contributed by atoms with Crippen molar-refractivity contribution in [1.82, 2.24) is 20.0 Å². The van der Waals surface area contributed by atoms with Gasteiger partial charge < -0.3 is 48.6 Å². The zero-order chi connectivity index (χ0) is 46.5. The SMILES string of the molecule is COc1ccc(CN2CC(C(=O)O)CC2=O)c(OC)c1.COc1ccc(CN2C[C@@H](C(=O)N3C(=O)OC[C@@H]3Cc3ccccc3)CC2=O)c(OC)c1.O=C1N[C@@H](Cc2ccccc2)CO1. The van der Waals surface area contributed by atoms with Gasteiger partial charge in [-0.1, -0.05) is 60.7 Å². The summed E-state index contributed by atoms with van der Waals surface area (Å²) in [4.78, 5) is 76.0. The Morgan fingerprint density at radius 2 is 1.15 bits per heavy atom. The van der Waals surface area contributed by atoms with Crippen molar-refractivity contribution < 1.29 is 62.3 Å². The highest BCUT2D eigenvalue weighted by atomic mass is 16.6. The highest BCUT2D eigenvalue weighted by Crippen LogP contribution is 2.31. The van der Waals surface area contributed by atoms with Gasteiger partial charge in [0, 0.05) is 62.3 Å². The van der Waals surface area contributed by atoms with E-state index >= 15 is 0 Å². The van der Waals surface area contributed by atoms with Gasteiger partial charge in [-0.05, 0) is 48.2 Å². The van der Waals surface area contributed by atoms with Gasteiger partial charge in [-0.15, -0.1) is 0 Å². The minimum absolute atomic E-state index is 0.0633. The van der Waals surface area contributed by atoms with Crippen LogP contribution in [0.1, 0.15) is 35.1 Å². The Morgan fingerprint density at radius 3 is 1.62 bits per heavy atom. The first-order valence-corrected chi connectivity index (χ1v) is 21.1. The number of carbonyl (C=O) groups is 6. The second kappa shape index (κ2) is 22.4. The lowest BCUT2D eigenvalue weighted by molar-refractivity contribution is -0.141. The smallest absolute Gasteiger partial charge is 0.416 e. The van der Waals surface area contributed by atoms with Crippen molar-refractivity contribution >= 4 is 35.9 Å². The maximum Gasteiger partial charge on any atom is 0.416 e. The Morgan fingerprint density at radius 1 is 0.646 bits per heavy atom. The van der Waals surface area contributed by atoms with Gasteiger partial charge in [0.2, 0.25) is 17.7 Å². The summed E-state index contributed by atoms with van der Waals surface area (Å²) in [7, 11) is 6.24. The van der Waals surface area contributed by atoms with Crippen molar-refractivity contribution in [3.05, 3.63) is 119 Å². The lowest BCUT2D eigenvalue weighted by atomic mass is 10.0. The molecule has 5 amide bonds. The Labute approximate surface area is 377 Å². The number of nitrogens with one attached hydrogen (secondary N) is 1. The van der Waals surface area contributed by atoms with Crippen LogP contribution < -0.4 is 24.3 Å². The normalized spacial score (nSPS) is 19.8. The van der Waals surface area contributed by atoms with Crippen LogP contribution in [0.25, 0.3) is 0 Å². The van der Waals surface area contributed by atoms with Crippen molar-refractivity contribution in [3.8, 4) is 23.0 Å². The number of imide groups is 1. The highest BCUT2D eigenvalue weighted by molar-refractivity contribution is 5.98. The van der Waals surface area contributed by atoms with Crippen LogP contribution in [0, 0.1) is 11.8 Å². The van der Waals surface area contributed by atoms with Gasteiger partial charge in [-0.25, -0.2) is 14.5 Å². The maximum absolute atomic E-state index is 13.2. The summed E-state index contributed by atoms with van der Waals surface area (Å²) in [5.41, 5.74) is 3.88. The van der Waals surface area contributed by atoms with Gasteiger partial charge in [-0.2, -0.15) is 0 Å². The standard InChI is InChI=1S/C24H26N2O6.C14H17NO5.C10H11NO2/c1-30-20-9-8-17(21(12-20)31-2)13-25-14-18(11-22(25)27)23(28)26-19(15-32-24(26)29)10-16-6-4-3-5-7-16;1-19-11-4-3-9(12(6-11)20-2)7-15-8-10(14(17)18)5-13(15)16;12-10-11-9(7-13-10)6-8-4-2-1-3-5-8/h3-9,12,18-19H,10-11,13-15H2,1-2H3;3-4,6,10H,5,7-8H2,1-2H3,(H,17,18);1-5,9H,6-7H2,(H,11,12)/t18-,19-;;9-/m0.0/s1. The predicted molar refractivity (Wildman–Crippen MR) is 234 cm³/mol. The van der Waals surface area contributed by atoms with E-state index < -0.39 is 23.9 Å². The van der Waals surface area contributed by atoms with Crippen molar-refractivity contribution in [3.63, 3.8) is 0 Å². The van der Waals surface area contributed by atoms with Gasteiger partial charge in [0.25, 0.3) is 0 Å². The van der Waals surface area contributed by atoms with Crippen LogP contribution in [0.5, 0.6) is 23.0 Å². The van der Waals surface area contributed by atoms with Crippen LogP contribution in [0.3, 0.4) is 0 Å². The number of rotatable bonds is 14. The number of benzene rings is 4. The van der Waals surface area contributed by atoms with Crippen LogP contribution in [-0.4, -0.2) is 123 Å². The molecule has 0 aliphatic carbocycles. The number of cyclic esters (lactones) is 2. The predicted octanol–water partition coefficient (Wildman–Crippen LogP) is 5.12. The summed E-state index contributed by atoms with van der Waals surface area (Å²) in [6.07, 6.45) is 0.547. The van der Waals surface area contributed by atoms with Crippen molar-refractivity contribution in [2.75, 3.05) is 54.7 Å². The number of hydrogen-bond donors (Lipinski definition) is 2. The molecule has 0 spiro atoms. The molecule has 2 N–H and O–H groups in total. The second-order valence-corrected chi connectivity index (χ2v) is 15.8. The Hall–Kier alpha value is -7.30. The molecule has 0 radical (unpaired) electrons. The van der Waals surface area contributed by atoms with Crippen LogP contribution in [0.2, 0.25) is 0 Å². The molecule has 4 aromatic rings. The zero-order valence-electron chi connectivity index (χ0n) is 36.8. The molecule has 4 atom stereocenters. The number of amides is 5. The summed E-state index contributed by atoms with van der Waals surface area (Å²) in [5.74, 6) is -0.210. The second-order valence-electron chi connectivity index (χ2n) is 15.8. The quantitative estimate of drug-likeness (QED) is 0.169. The summed E-state index contributed by atoms with van der Waals surface area (Å²) in [5, 5.41) is 11.7. The van der Waals surface area contributed by atoms with Crippen molar-refractivity contribution in [2.24, 2.45) is 11.8 Å². The molecule has 4 aliphatic rings. The van der Waals surface area contributed by atoms with Crippen LogP contribution in [0.15, 0.2) is 97.1 Å². The lowest BCUT2D eigenvalue weighted by Gasteiger charge is -2.23. The first-order chi connectivity index (χ1) is 31.4. The van der Waals surface area contributed by atoms with Gasteiger partial charge in [0.15, 0.2) is 0 Å². The number of hydrogen-bond acceptors (Lipinski definition) is 12. The minimum Gasteiger partial charge on any atom is -0.497 e. The molecule has 17 nitrogen and oxygen atoms in total. The molecule has 17 heteroatoms. The molecule has 344 valence electrons. The van der Waals surface area contributed by atoms with E-state index in [0.29, 0.717) is 49.1 Å². The number of nitrogens with zero attached hydrogens (tertiary/aromatic N) is 3. The lowest BCUT2D eigenvalue weighted by Crippen LogP contribution is -2.44. The molecule has 4 fully saturated rings. The van der Waals surface area contributed by atoms with Gasteiger partial charge >= 0.3 is 18.2 Å². The highest BCUT2D eigenvalue weighted by Gasteiger charge is 2.44. The molecule has 4 aliphatic heterocycles. The number of aliphatic carboxylic acids is 1. The van der Waals surface area contributed by atoms with Gasteiger partial charge in [-0.3, -0.25) is 19.2 Å². The molecule has 0 saturated carbocycles. The van der Waals surface area contributed by atoms with Crippen LogP contribution in [0.4, 0.5) is 9.59 Å². The first-order valence-electron chi connectivity index (χ1n) is 21.1. The Bertz CT molecular complexity index is 2310. The number of alkyl carbamates (subject to hydrolysis) is 1. The van der Waals surface area contributed by atoms with E-state index in [0.717, 1.165) is 23.1 Å². The monoisotopic (exact) mass is 894 g/mol. The van der Waals surface area contributed by atoms with E-state index in [2.05, 4.69) is 5.32 Å². The van der Waals surface area contributed by atoms with E-state index in [-0.39, 0.29) is 68.4 Å². The maximum atomic E-state index is 13.2. The minimum atomic E-state index is -0.928. The summed E-state index contributed by atoms with van der Waals surface area (Å²) in [6, 6.07) is 30.2. The zero-order valence-corrected chi connectivity index (χ0v) is 36.8. The van der Waals surface area contributed by atoms with Crippen molar-refractivity contribution in [1.29, 1.82) is 0 Å². The Kier molecular flexibility index (Phi) is 16.2. The van der Waals surface area contributed by atoms with E-state index in [1.54, 1.807) is 62.5 Å².